The Kier molecular flexibility index (Phi) is 3.03. The molecule has 5 nitrogen and oxygen atoms in total. The van der Waals surface area contributed by atoms with Crippen LogP contribution in [0, 0.1) is 5.92 Å². The first-order valence-corrected chi connectivity index (χ1v) is 5.55. The quantitative estimate of drug-likeness (QED) is 0.801. The zero-order valence-corrected chi connectivity index (χ0v) is 9.31. The van der Waals surface area contributed by atoms with Gasteiger partial charge in [-0.1, -0.05) is 6.92 Å². The molecule has 0 saturated heterocycles. The molecule has 0 aromatic carbocycles. The molecular weight excluding hydrogens is 204 g/mol. The van der Waals surface area contributed by atoms with Crippen LogP contribution in [0.3, 0.4) is 0 Å². The lowest BCUT2D eigenvalue weighted by Crippen LogP contribution is -2.18. The highest BCUT2D eigenvalue weighted by atomic mass is 16.1. The van der Waals surface area contributed by atoms with E-state index in [4.69, 9.17) is 5.73 Å². The number of rotatable bonds is 3. The highest BCUT2D eigenvalue weighted by Gasteiger charge is 2.21. The van der Waals surface area contributed by atoms with Crippen LogP contribution >= 0.6 is 0 Å². The Balaban J connectivity index is 1.97. The largest absolute Gasteiger partial charge is 0.366 e. The maximum atomic E-state index is 10.8. The van der Waals surface area contributed by atoms with E-state index in [0.29, 0.717) is 11.9 Å². The fraction of sp³-hybridized carbons (Fsp3) is 0.545. The van der Waals surface area contributed by atoms with E-state index in [1.54, 1.807) is 12.1 Å². The summed E-state index contributed by atoms with van der Waals surface area (Å²) in [5.41, 5.74) is 5.28. The Morgan fingerprint density at radius 3 is 2.75 bits per heavy atom. The second kappa shape index (κ2) is 4.47. The number of primary amides is 1. The fourth-order valence-electron chi connectivity index (χ4n) is 2.09. The van der Waals surface area contributed by atoms with Crippen molar-refractivity contribution in [1.82, 2.24) is 10.2 Å². The molecule has 2 rings (SSSR count). The lowest BCUT2D eigenvalue weighted by atomic mass is 10.1. The third kappa shape index (κ3) is 2.48. The Morgan fingerprint density at radius 1 is 1.44 bits per heavy atom. The van der Waals surface area contributed by atoms with Crippen molar-refractivity contribution in [2.24, 2.45) is 11.7 Å². The number of carbonyl (C=O) groups is 1. The molecule has 0 spiro atoms. The summed E-state index contributed by atoms with van der Waals surface area (Å²) in [4.78, 5) is 10.8. The van der Waals surface area contributed by atoms with Gasteiger partial charge in [0.2, 0.25) is 0 Å². The summed E-state index contributed by atoms with van der Waals surface area (Å²) in [6, 6.07) is 3.82. The number of nitrogens with zero attached hydrogens (tertiary/aromatic N) is 2. The average molecular weight is 220 g/mol. The molecule has 1 aliphatic rings. The van der Waals surface area contributed by atoms with E-state index in [0.717, 1.165) is 5.92 Å². The van der Waals surface area contributed by atoms with Crippen LogP contribution in [0.4, 0.5) is 5.82 Å². The molecule has 1 aromatic rings. The van der Waals surface area contributed by atoms with Crippen molar-refractivity contribution in [1.29, 1.82) is 0 Å². The summed E-state index contributed by atoms with van der Waals surface area (Å²) >= 11 is 0. The Morgan fingerprint density at radius 2 is 2.25 bits per heavy atom. The summed E-state index contributed by atoms with van der Waals surface area (Å²) in [5, 5.41) is 11.0. The van der Waals surface area contributed by atoms with Crippen LogP contribution in [0.2, 0.25) is 0 Å². The Labute approximate surface area is 94.4 Å². The minimum absolute atomic E-state index is 0.199. The molecule has 0 aliphatic heterocycles. The predicted octanol–water partition coefficient (Wildman–Crippen LogP) is 1.18. The van der Waals surface area contributed by atoms with Gasteiger partial charge in [-0.3, -0.25) is 4.79 Å². The SMILES string of the molecule is CC1CCC(Nc2ccc(C(N)=O)nn2)C1. The third-order valence-corrected chi connectivity index (χ3v) is 2.96. The van der Waals surface area contributed by atoms with Gasteiger partial charge < -0.3 is 11.1 Å². The number of anilines is 1. The second-order valence-electron chi connectivity index (χ2n) is 4.43. The maximum absolute atomic E-state index is 10.8. The molecule has 86 valence electrons. The number of aromatic nitrogens is 2. The molecule has 5 heteroatoms. The van der Waals surface area contributed by atoms with Crippen molar-refractivity contribution in [3.8, 4) is 0 Å². The molecule has 1 aromatic heterocycles. The smallest absolute Gasteiger partial charge is 0.269 e. The van der Waals surface area contributed by atoms with Crippen molar-refractivity contribution >= 4 is 11.7 Å². The standard InChI is InChI=1S/C11H16N4O/c1-7-2-3-8(6-7)13-10-5-4-9(11(12)16)14-15-10/h4-5,7-8H,2-3,6H2,1H3,(H2,12,16)(H,13,15). The van der Waals surface area contributed by atoms with Crippen LogP contribution in [-0.2, 0) is 0 Å². The molecule has 0 bridgehead atoms. The molecule has 1 amide bonds. The van der Waals surface area contributed by atoms with Gasteiger partial charge in [-0.15, -0.1) is 10.2 Å². The van der Waals surface area contributed by atoms with E-state index in [1.165, 1.54) is 19.3 Å². The van der Waals surface area contributed by atoms with Crippen LogP contribution in [-0.4, -0.2) is 22.1 Å². The van der Waals surface area contributed by atoms with E-state index in [9.17, 15) is 4.79 Å². The van der Waals surface area contributed by atoms with E-state index < -0.39 is 5.91 Å². The van der Waals surface area contributed by atoms with E-state index in [2.05, 4.69) is 22.4 Å². The summed E-state index contributed by atoms with van der Waals surface area (Å²) < 4.78 is 0. The summed E-state index contributed by atoms with van der Waals surface area (Å²) in [5.74, 6) is 0.938. The molecule has 3 N–H and O–H groups in total. The first kappa shape index (κ1) is 10.9. The van der Waals surface area contributed by atoms with Gasteiger partial charge in [-0.25, -0.2) is 0 Å². The fourth-order valence-corrected chi connectivity index (χ4v) is 2.09. The molecule has 1 aliphatic carbocycles. The van der Waals surface area contributed by atoms with Crippen LogP contribution < -0.4 is 11.1 Å². The number of carbonyl (C=O) groups excluding carboxylic acids is 1. The predicted molar refractivity (Wildman–Crippen MR) is 61.0 cm³/mol. The number of nitrogens with two attached hydrogens (primary N) is 1. The molecule has 1 heterocycles. The monoisotopic (exact) mass is 220 g/mol. The molecular formula is C11H16N4O. The van der Waals surface area contributed by atoms with Crippen LogP contribution in [0.15, 0.2) is 12.1 Å². The zero-order chi connectivity index (χ0) is 11.5. The zero-order valence-electron chi connectivity index (χ0n) is 9.31. The van der Waals surface area contributed by atoms with E-state index in [1.807, 2.05) is 0 Å². The van der Waals surface area contributed by atoms with E-state index in [-0.39, 0.29) is 5.69 Å². The number of hydrogen-bond acceptors (Lipinski definition) is 4. The van der Waals surface area contributed by atoms with Crippen molar-refractivity contribution in [3.05, 3.63) is 17.8 Å². The van der Waals surface area contributed by atoms with Gasteiger partial charge in [-0.05, 0) is 37.3 Å². The molecule has 16 heavy (non-hydrogen) atoms. The van der Waals surface area contributed by atoms with E-state index >= 15 is 0 Å². The normalized spacial score (nSPS) is 24.3. The second-order valence-corrected chi connectivity index (χ2v) is 4.43. The molecule has 1 saturated carbocycles. The molecule has 2 atom stereocenters. The van der Waals surface area contributed by atoms with Crippen LogP contribution in [0.1, 0.15) is 36.7 Å². The summed E-state index contributed by atoms with van der Waals surface area (Å²) in [6.45, 7) is 2.25. The first-order chi connectivity index (χ1) is 7.65. The van der Waals surface area contributed by atoms with Gasteiger partial charge in [0.05, 0.1) is 0 Å². The van der Waals surface area contributed by atoms with Gasteiger partial charge in [0, 0.05) is 6.04 Å². The third-order valence-electron chi connectivity index (χ3n) is 2.96. The van der Waals surface area contributed by atoms with Gasteiger partial charge >= 0.3 is 0 Å². The summed E-state index contributed by atoms with van der Waals surface area (Å²) in [7, 11) is 0. The Bertz CT molecular complexity index is 376. The molecule has 2 unspecified atom stereocenters. The topological polar surface area (TPSA) is 80.9 Å². The minimum atomic E-state index is -0.548. The number of nitrogens with one attached hydrogen (secondary N) is 1. The van der Waals surface area contributed by atoms with Gasteiger partial charge in [-0.2, -0.15) is 0 Å². The van der Waals surface area contributed by atoms with Crippen molar-refractivity contribution in [3.63, 3.8) is 0 Å². The van der Waals surface area contributed by atoms with Crippen LogP contribution in [0.5, 0.6) is 0 Å². The van der Waals surface area contributed by atoms with Gasteiger partial charge in [0.25, 0.3) is 5.91 Å². The highest BCUT2D eigenvalue weighted by molar-refractivity contribution is 5.90. The summed E-state index contributed by atoms with van der Waals surface area (Å²) in [6.07, 6.45) is 3.59. The highest BCUT2D eigenvalue weighted by Crippen LogP contribution is 2.26. The molecule has 0 radical (unpaired) electrons. The average Bonchev–Trinajstić information content (AvgIpc) is 2.65. The number of amides is 1. The lowest BCUT2D eigenvalue weighted by Gasteiger charge is -2.12. The van der Waals surface area contributed by atoms with Crippen LogP contribution in [0.25, 0.3) is 0 Å². The van der Waals surface area contributed by atoms with Gasteiger partial charge in [0.15, 0.2) is 5.69 Å². The van der Waals surface area contributed by atoms with Crippen molar-refractivity contribution < 1.29 is 4.79 Å². The first-order valence-electron chi connectivity index (χ1n) is 5.55. The number of hydrogen-bond donors (Lipinski definition) is 2. The van der Waals surface area contributed by atoms with Gasteiger partial charge in [0.1, 0.15) is 5.82 Å². The maximum Gasteiger partial charge on any atom is 0.269 e. The van der Waals surface area contributed by atoms with Crippen molar-refractivity contribution in [2.75, 3.05) is 5.32 Å². The minimum Gasteiger partial charge on any atom is -0.366 e. The van der Waals surface area contributed by atoms with Crippen molar-refractivity contribution in [2.45, 2.75) is 32.2 Å². The Hall–Kier alpha value is -1.65. The lowest BCUT2D eigenvalue weighted by molar-refractivity contribution is 0.0994. The molecule has 1 fully saturated rings.